The number of benzene rings is 2. The Balaban J connectivity index is 2.16. The zero-order valence-electron chi connectivity index (χ0n) is 9.88. The summed E-state index contributed by atoms with van der Waals surface area (Å²) in [6.45, 7) is 0. The highest BCUT2D eigenvalue weighted by Crippen LogP contribution is 2.15. The van der Waals surface area contributed by atoms with Gasteiger partial charge in [0, 0.05) is 5.56 Å². The van der Waals surface area contributed by atoms with Gasteiger partial charge in [0.25, 0.3) is 0 Å². The third-order valence-corrected chi connectivity index (χ3v) is 2.71. The lowest BCUT2D eigenvalue weighted by molar-refractivity contribution is 0.474. The number of rotatable bonds is 3. The first kappa shape index (κ1) is 12.0. The van der Waals surface area contributed by atoms with E-state index in [1.807, 2.05) is 36.4 Å². The van der Waals surface area contributed by atoms with E-state index >= 15 is 0 Å². The van der Waals surface area contributed by atoms with Crippen LogP contribution in [0, 0.1) is 0 Å². The van der Waals surface area contributed by atoms with Gasteiger partial charge >= 0.3 is 0 Å². The van der Waals surface area contributed by atoms with E-state index in [1.165, 1.54) is 0 Å². The Morgan fingerprint density at radius 3 is 2.39 bits per heavy atom. The lowest BCUT2D eigenvalue weighted by Gasteiger charge is -2.04. The van der Waals surface area contributed by atoms with Crippen LogP contribution in [0.1, 0.15) is 16.7 Å². The number of nitrogens with two attached hydrogens (primary N) is 2. The molecule has 0 radical (unpaired) electrons. The van der Waals surface area contributed by atoms with E-state index in [0.29, 0.717) is 5.84 Å². The SMILES string of the molecule is N/N=C(\N)c1ccc(Cc2cccc(O)c2)cc1. The van der Waals surface area contributed by atoms with Gasteiger partial charge in [-0.15, -0.1) is 0 Å². The van der Waals surface area contributed by atoms with Crippen LogP contribution < -0.4 is 11.6 Å². The fraction of sp³-hybridized carbons (Fsp3) is 0.0714. The Bertz CT molecular complexity index is 562. The summed E-state index contributed by atoms with van der Waals surface area (Å²) in [5.74, 6) is 5.72. The van der Waals surface area contributed by atoms with Gasteiger partial charge in [0.15, 0.2) is 0 Å². The number of amidine groups is 1. The van der Waals surface area contributed by atoms with Gasteiger partial charge < -0.3 is 16.7 Å². The van der Waals surface area contributed by atoms with Gasteiger partial charge in [-0.05, 0) is 29.7 Å². The Morgan fingerprint density at radius 2 is 1.78 bits per heavy atom. The topological polar surface area (TPSA) is 84.6 Å². The van der Waals surface area contributed by atoms with Crippen LogP contribution in [-0.4, -0.2) is 10.9 Å². The van der Waals surface area contributed by atoms with Crippen molar-refractivity contribution >= 4 is 5.84 Å². The minimum atomic E-state index is 0.281. The molecule has 0 heterocycles. The zero-order chi connectivity index (χ0) is 13.0. The molecule has 0 amide bonds. The van der Waals surface area contributed by atoms with Crippen LogP contribution in [0.4, 0.5) is 0 Å². The largest absolute Gasteiger partial charge is 0.508 e. The van der Waals surface area contributed by atoms with Gasteiger partial charge in [-0.1, -0.05) is 36.4 Å². The molecule has 18 heavy (non-hydrogen) atoms. The van der Waals surface area contributed by atoms with Gasteiger partial charge in [0.2, 0.25) is 0 Å². The highest BCUT2D eigenvalue weighted by atomic mass is 16.3. The third-order valence-electron chi connectivity index (χ3n) is 2.71. The van der Waals surface area contributed by atoms with Crippen LogP contribution in [0.25, 0.3) is 0 Å². The van der Waals surface area contributed by atoms with Crippen LogP contribution in [0.3, 0.4) is 0 Å². The maximum absolute atomic E-state index is 9.39. The second-order valence-electron chi connectivity index (χ2n) is 4.06. The maximum Gasteiger partial charge on any atom is 0.150 e. The minimum absolute atomic E-state index is 0.281. The zero-order valence-corrected chi connectivity index (χ0v) is 9.88. The number of phenols is 1. The molecule has 4 heteroatoms. The second kappa shape index (κ2) is 5.23. The normalized spacial score (nSPS) is 11.4. The lowest BCUT2D eigenvalue weighted by atomic mass is 10.0. The van der Waals surface area contributed by atoms with Crippen LogP contribution >= 0.6 is 0 Å². The Hall–Kier alpha value is -2.49. The van der Waals surface area contributed by atoms with Gasteiger partial charge in [-0.2, -0.15) is 5.10 Å². The first-order chi connectivity index (χ1) is 8.69. The summed E-state index contributed by atoms with van der Waals surface area (Å²) in [5.41, 5.74) is 8.60. The standard InChI is InChI=1S/C14H15N3O/c15-14(17-16)12-6-4-10(5-7-12)8-11-2-1-3-13(18)9-11/h1-7,9,18H,8,16H2,(H2,15,17). The van der Waals surface area contributed by atoms with Crippen molar-refractivity contribution in [2.75, 3.05) is 0 Å². The molecule has 0 unspecified atom stereocenters. The highest BCUT2D eigenvalue weighted by Gasteiger charge is 2.00. The predicted molar refractivity (Wildman–Crippen MR) is 72.3 cm³/mol. The molecule has 0 aromatic heterocycles. The second-order valence-corrected chi connectivity index (χ2v) is 4.06. The van der Waals surface area contributed by atoms with Crippen LogP contribution in [0.15, 0.2) is 53.6 Å². The minimum Gasteiger partial charge on any atom is -0.508 e. The molecule has 0 aliphatic rings. The Labute approximate surface area is 106 Å². The van der Waals surface area contributed by atoms with E-state index in [9.17, 15) is 5.11 Å². The van der Waals surface area contributed by atoms with Crippen molar-refractivity contribution in [2.45, 2.75) is 6.42 Å². The van der Waals surface area contributed by atoms with Crippen LogP contribution in [0.2, 0.25) is 0 Å². The summed E-state index contributed by atoms with van der Waals surface area (Å²) in [6.07, 6.45) is 0.758. The highest BCUT2D eigenvalue weighted by molar-refractivity contribution is 5.97. The summed E-state index contributed by atoms with van der Waals surface area (Å²) in [5, 5.41) is 12.8. The number of aromatic hydroxyl groups is 1. The molecular weight excluding hydrogens is 226 g/mol. The molecule has 0 spiro atoms. The molecule has 2 rings (SSSR count). The summed E-state index contributed by atoms with van der Waals surface area (Å²) < 4.78 is 0. The van der Waals surface area contributed by atoms with Crippen molar-refractivity contribution in [3.63, 3.8) is 0 Å². The first-order valence-electron chi connectivity index (χ1n) is 5.59. The van der Waals surface area contributed by atoms with E-state index in [4.69, 9.17) is 11.6 Å². The number of hydrogen-bond acceptors (Lipinski definition) is 3. The van der Waals surface area contributed by atoms with Gasteiger partial charge in [-0.3, -0.25) is 0 Å². The maximum atomic E-state index is 9.39. The van der Waals surface area contributed by atoms with Crippen molar-refractivity contribution in [1.29, 1.82) is 0 Å². The molecule has 0 saturated heterocycles. The van der Waals surface area contributed by atoms with Crippen molar-refractivity contribution in [1.82, 2.24) is 0 Å². The molecule has 2 aromatic carbocycles. The van der Waals surface area contributed by atoms with Crippen molar-refractivity contribution < 1.29 is 5.11 Å². The number of hydrogen-bond donors (Lipinski definition) is 3. The van der Waals surface area contributed by atoms with Crippen LogP contribution in [0.5, 0.6) is 5.75 Å². The summed E-state index contributed by atoms with van der Waals surface area (Å²) in [6, 6.07) is 14.9. The monoisotopic (exact) mass is 241 g/mol. The van der Waals surface area contributed by atoms with E-state index < -0.39 is 0 Å². The van der Waals surface area contributed by atoms with E-state index in [2.05, 4.69) is 5.10 Å². The average Bonchev–Trinajstić information content (AvgIpc) is 2.39. The molecule has 0 aliphatic heterocycles. The number of hydrazone groups is 1. The van der Waals surface area contributed by atoms with Crippen molar-refractivity contribution in [3.8, 4) is 5.75 Å². The predicted octanol–water partition coefficient (Wildman–Crippen LogP) is 1.56. The van der Waals surface area contributed by atoms with E-state index in [-0.39, 0.29) is 5.75 Å². The molecule has 0 aliphatic carbocycles. The molecule has 0 fully saturated rings. The fourth-order valence-corrected chi connectivity index (χ4v) is 1.77. The molecule has 4 nitrogen and oxygen atoms in total. The van der Waals surface area contributed by atoms with E-state index in [1.54, 1.807) is 12.1 Å². The smallest absolute Gasteiger partial charge is 0.150 e. The molecule has 2 aromatic rings. The number of nitrogens with zero attached hydrogens (tertiary/aromatic N) is 1. The first-order valence-corrected chi connectivity index (χ1v) is 5.59. The molecule has 0 saturated carbocycles. The third kappa shape index (κ3) is 2.79. The summed E-state index contributed by atoms with van der Waals surface area (Å²) in [7, 11) is 0. The van der Waals surface area contributed by atoms with Crippen molar-refractivity contribution in [2.24, 2.45) is 16.7 Å². The molecular formula is C14H15N3O. The molecule has 0 atom stereocenters. The van der Waals surface area contributed by atoms with Gasteiger partial charge in [-0.25, -0.2) is 0 Å². The molecule has 0 bridgehead atoms. The Morgan fingerprint density at radius 1 is 1.06 bits per heavy atom. The lowest BCUT2D eigenvalue weighted by Crippen LogP contribution is -2.15. The van der Waals surface area contributed by atoms with Crippen molar-refractivity contribution in [3.05, 3.63) is 65.2 Å². The summed E-state index contributed by atoms with van der Waals surface area (Å²) in [4.78, 5) is 0. The number of phenolic OH excluding ortho intramolecular Hbond substituents is 1. The summed E-state index contributed by atoms with van der Waals surface area (Å²) >= 11 is 0. The van der Waals surface area contributed by atoms with Gasteiger partial charge in [0.05, 0.1) is 0 Å². The quantitative estimate of drug-likeness (QED) is 0.330. The average molecular weight is 241 g/mol. The molecule has 92 valence electrons. The molecule has 5 N–H and O–H groups in total. The van der Waals surface area contributed by atoms with Crippen LogP contribution in [-0.2, 0) is 6.42 Å². The Kier molecular flexibility index (Phi) is 3.48. The fourth-order valence-electron chi connectivity index (χ4n) is 1.77. The van der Waals surface area contributed by atoms with E-state index in [0.717, 1.165) is 23.1 Å². The van der Waals surface area contributed by atoms with Gasteiger partial charge in [0.1, 0.15) is 11.6 Å².